The SMILES string of the molecule is CCCC(N)CNC(=O)c1ccccc1O. The second-order valence-corrected chi connectivity index (χ2v) is 3.78. The number of phenolic OH excluding ortho intramolecular Hbond substituents is 1. The third-order valence-corrected chi connectivity index (χ3v) is 2.33. The van der Waals surface area contributed by atoms with Crippen LogP contribution in [0.15, 0.2) is 24.3 Å². The average Bonchev–Trinajstić information content (AvgIpc) is 2.27. The van der Waals surface area contributed by atoms with Crippen molar-refractivity contribution >= 4 is 5.91 Å². The Kier molecular flexibility index (Phi) is 4.79. The first-order valence-corrected chi connectivity index (χ1v) is 5.47. The third kappa shape index (κ3) is 3.55. The molecule has 4 nitrogen and oxygen atoms in total. The standard InChI is InChI=1S/C12H18N2O2/c1-2-5-9(13)8-14-12(16)10-6-3-4-7-11(10)15/h3-4,6-7,9,15H,2,5,8,13H2,1H3,(H,14,16). The van der Waals surface area contributed by atoms with Gasteiger partial charge in [-0.1, -0.05) is 25.5 Å². The number of carbonyl (C=O) groups is 1. The van der Waals surface area contributed by atoms with Gasteiger partial charge < -0.3 is 16.2 Å². The molecule has 16 heavy (non-hydrogen) atoms. The molecule has 1 aromatic carbocycles. The van der Waals surface area contributed by atoms with E-state index in [0.29, 0.717) is 6.54 Å². The summed E-state index contributed by atoms with van der Waals surface area (Å²) in [7, 11) is 0. The first kappa shape index (κ1) is 12.5. The molecule has 0 heterocycles. The topological polar surface area (TPSA) is 75.3 Å². The molecule has 1 unspecified atom stereocenters. The van der Waals surface area contributed by atoms with Gasteiger partial charge in [-0.25, -0.2) is 0 Å². The Balaban J connectivity index is 2.50. The summed E-state index contributed by atoms with van der Waals surface area (Å²) in [6.45, 7) is 2.48. The van der Waals surface area contributed by atoms with E-state index in [9.17, 15) is 9.90 Å². The average molecular weight is 222 g/mol. The summed E-state index contributed by atoms with van der Waals surface area (Å²) in [6, 6.07) is 6.42. The number of carbonyl (C=O) groups excluding carboxylic acids is 1. The summed E-state index contributed by atoms with van der Waals surface area (Å²) in [5, 5.41) is 12.2. The number of hydrogen-bond acceptors (Lipinski definition) is 3. The molecule has 0 spiro atoms. The normalized spacial score (nSPS) is 12.1. The molecule has 1 amide bonds. The number of benzene rings is 1. The highest BCUT2D eigenvalue weighted by molar-refractivity contribution is 5.96. The molecule has 0 saturated heterocycles. The molecular weight excluding hydrogens is 204 g/mol. The summed E-state index contributed by atoms with van der Waals surface area (Å²) in [4.78, 5) is 11.6. The lowest BCUT2D eigenvalue weighted by atomic mass is 10.1. The Bertz CT molecular complexity index is 353. The van der Waals surface area contributed by atoms with Crippen molar-refractivity contribution in [3.63, 3.8) is 0 Å². The molecule has 0 radical (unpaired) electrons. The van der Waals surface area contributed by atoms with E-state index in [2.05, 4.69) is 5.32 Å². The second kappa shape index (κ2) is 6.12. The summed E-state index contributed by atoms with van der Waals surface area (Å²) in [5.74, 6) is -0.297. The van der Waals surface area contributed by atoms with Gasteiger partial charge in [0.05, 0.1) is 5.56 Å². The number of aromatic hydroxyl groups is 1. The van der Waals surface area contributed by atoms with Crippen molar-refractivity contribution in [2.75, 3.05) is 6.54 Å². The zero-order valence-corrected chi connectivity index (χ0v) is 9.44. The minimum atomic E-state index is -0.287. The van der Waals surface area contributed by atoms with Gasteiger partial charge in [-0.15, -0.1) is 0 Å². The van der Waals surface area contributed by atoms with Crippen LogP contribution in [0.25, 0.3) is 0 Å². The molecule has 0 aromatic heterocycles. The molecule has 1 aromatic rings. The number of rotatable bonds is 5. The van der Waals surface area contributed by atoms with E-state index < -0.39 is 0 Å². The Hall–Kier alpha value is -1.55. The zero-order valence-electron chi connectivity index (χ0n) is 9.44. The van der Waals surface area contributed by atoms with Crippen molar-refractivity contribution < 1.29 is 9.90 Å². The van der Waals surface area contributed by atoms with E-state index >= 15 is 0 Å². The molecule has 0 aliphatic rings. The van der Waals surface area contributed by atoms with Crippen LogP contribution in [0.5, 0.6) is 5.75 Å². The maximum Gasteiger partial charge on any atom is 0.255 e. The smallest absolute Gasteiger partial charge is 0.255 e. The van der Waals surface area contributed by atoms with Crippen molar-refractivity contribution in [2.24, 2.45) is 5.73 Å². The van der Waals surface area contributed by atoms with E-state index in [4.69, 9.17) is 5.73 Å². The number of hydrogen-bond donors (Lipinski definition) is 3. The fourth-order valence-corrected chi connectivity index (χ4v) is 1.46. The molecule has 0 bridgehead atoms. The third-order valence-electron chi connectivity index (χ3n) is 2.33. The summed E-state index contributed by atoms with van der Waals surface area (Å²) < 4.78 is 0. The van der Waals surface area contributed by atoms with Crippen LogP contribution in [-0.2, 0) is 0 Å². The molecule has 1 rings (SSSR count). The van der Waals surface area contributed by atoms with Gasteiger partial charge in [-0.3, -0.25) is 4.79 Å². The molecule has 4 N–H and O–H groups in total. The van der Waals surface area contributed by atoms with Crippen LogP contribution in [0.3, 0.4) is 0 Å². The quantitative estimate of drug-likeness (QED) is 0.701. The highest BCUT2D eigenvalue weighted by Gasteiger charge is 2.10. The van der Waals surface area contributed by atoms with Gasteiger partial charge in [0, 0.05) is 12.6 Å². The monoisotopic (exact) mass is 222 g/mol. The van der Waals surface area contributed by atoms with Crippen LogP contribution >= 0.6 is 0 Å². The summed E-state index contributed by atoms with van der Waals surface area (Å²) in [5.41, 5.74) is 6.05. The van der Waals surface area contributed by atoms with E-state index in [1.807, 2.05) is 6.92 Å². The largest absolute Gasteiger partial charge is 0.507 e. The Morgan fingerprint density at radius 2 is 2.19 bits per heavy atom. The zero-order chi connectivity index (χ0) is 12.0. The van der Waals surface area contributed by atoms with Crippen molar-refractivity contribution in [2.45, 2.75) is 25.8 Å². The van der Waals surface area contributed by atoms with Gasteiger partial charge in [0.2, 0.25) is 0 Å². The number of amides is 1. The van der Waals surface area contributed by atoms with Crippen LogP contribution in [0, 0.1) is 0 Å². The Morgan fingerprint density at radius 1 is 1.50 bits per heavy atom. The van der Waals surface area contributed by atoms with E-state index in [1.165, 1.54) is 6.07 Å². The Morgan fingerprint density at radius 3 is 2.81 bits per heavy atom. The molecule has 0 aliphatic heterocycles. The molecule has 1 atom stereocenters. The molecule has 4 heteroatoms. The lowest BCUT2D eigenvalue weighted by Gasteiger charge is -2.11. The predicted molar refractivity (Wildman–Crippen MR) is 63.3 cm³/mol. The molecule has 0 saturated carbocycles. The lowest BCUT2D eigenvalue weighted by molar-refractivity contribution is 0.0948. The van der Waals surface area contributed by atoms with Gasteiger partial charge in [-0.05, 0) is 18.6 Å². The second-order valence-electron chi connectivity index (χ2n) is 3.78. The van der Waals surface area contributed by atoms with Gasteiger partial charge in [0.25, 0.3) is 5.91 Å². The first-order valence-electron chi connectivity index (χ1n) is 5.47. The molecule has 0 aliphatic carbocycles. The molecular formula is C12H18N2O2. The van der Waals surface area contributed by atoms with Gasteiger partial charge in [0.15, 0.2) is 0 Å². The Labute approximate surface area is 95.5 Å². The minimum Gasteiger partial charge on any atom is -0.507 e. The number of nitrogens with two attached hydrogens (primary N) is 1. The van der Waals surface area contributed by atoms with Crippen LogP contribution in [0.2, 0.25) is 0 Å². The van der Waals surface area contributed by atoms with Crippen molar-refractivity contribution in [1.82, 2.24) is 5.32 Å². The van der Waals surface area contributed by atoms with Crippen molar-refractivity contribution in [1.29, 1.82) is 0 Å². The maximum atomic E-state index is 11.6. The van der Waals surface area contributed by atoms with Crippen molar-refractivity contribution in [3.8, 4) is 5.75 Å². The van der Waals surface area contributed by atoms with Crippen LogP contribution in [0.4, 0.5) is 0 Å². The lowest BCUT2D eigenvalue weighted by Crippen LogP contribution is -2.37. The van der Waals surface area contributed by atoms with Crippen molar-refractivity contribution in [3.05, 3.63) is 29.8 Å². The minimum absolute atomic E-state index is 0.0101. The number of para-hydroxylation sites is 1. The highest BCUT2D eigenvalue weighted by Crippen LogP contribution is 2.14. The number of nitrogens with one attached hydrogen (secondary N) is 1. The van der Waals surface area contributed by atoms with E-state index in [0.717, 1.165) is 12.8 Å². The van der Waals surface area contributed by atoms with Crippen LogP contribution in [-0.4, -0.2) is 23.6 Å². The van der Waals surface area contributed by atoms with E-state index in [-0.39, 0.29) is 23.3 Å². The molecule has 0 fully saturated rings. The first-order chi connectivity index (χ1) is 7.65. The van der Waals surface area contributed by atoms with Gasteiger partial charge >= 0.3 is 0 Å². The maximum absolute atomic E-state index is 11.6. The van der Waals surface area contributed by atoms with Gasteiger partial charge in [-0.2, -0.15) is 0 Å². The predicted octanol–water partition coefficient (Wildman–Crippen LogP) is 1.25. The van der Waals surface area contributed by atoms with Crippen LogP contribution < -0.4 is 11.1 Å². The fraction of sp³-hybridized carbons (Fsp3) is 0.417. The summed E-state index contributed by atoms with van der Waals surface area (Å²) in [6.07, 6.45) is 1.87. The molecule has 88 valence electrons. The summed E-state index contributed by atoms with van der Waals surface area (Å²) >= 11 is 0. The number of phenols is 1. The van der Waals surface area contributed by atoms with Gasteiger partial charge in [0.1, 0.15) is 5.75 Å². The van der Waals surface area contributed by atoms with Crippen LogP contribution in [0.1, 0.15) is 30.1 Å². The van der Waals surface area contributed by atoms with E-state index in [1.54, 1.807) is 18.2 Å². The fourth-order valence-electron chi connectivity index (χ4n) is 1.46. The highest BCUT2D eigenvalue weighted by atomic mass is 16.3.